The molecule has 0 heterocycles. The molecule has 0 saturated heterocycles. The minimum atomic E-state index is -0.526. The van der Waals surface area contributed by atoms with Crippen molar-refractivity contribution in [2.24, 2.45) is 0 Å². The Balaban J connectivity index is 1.88. The zero-order valence-electron chi connectivity index (χ0n) is 11.8. The number of halogens is 1. The molecule has 110 valence electrons. The molecule has 1 N–H and O–H groups in total. The molecule has 0 aliphatic rings. The first-order valence-corrected chi connectivity index (χ1v) is 7.34. The Hall–Kier alpha value is -1.81. The summed E-state index contributed by atoms with van der Waals surface area (Å²) in [6.07, 6.45) is 0.804. The van der Waals surface area contributed by atoms with Gasteiger partial charge in [0.25, 0.3) is 5.91 Å². The number of rotatable bonds is 5. The van der Waals surface area contributed by atoms with Gasteiger partial charge < -0.3 is 5.32 Å². The van der Waals surface area contributed by atoms with Crippen LogP contribution in [-0.4, -0.2) is 12.5 Å². The molecule has 0 fully saturated rings. The van der Waals surface area contributed by atoms with Crippen LogP contribution in [0.4, 0.5) is 4.39 Å². The molecule has 0 saturated carbocycles. The highest BCUT2D eigenvalue weighted by Gasteiger charge is 2.12. The lowest BCUT2D eigenvalue weighted by Gasteiger charge is -2.12. The summed E-state index contributed by atoms with van der Waals surface area (Å²) in [6, 6.07) is 14.3. The van der Waals surface area contributed by atoms with Crippen molar-refractivity contribution >= 4 is 18.5 Å². The van der Waals surface area contributed by atoms with Crippen molar-refractivity contribution < 1.29 is 9.18 Å². The van der Waals surface area contributed by atoms with Crippen molar-refractivity contribution in [1.29, 1.82) is 0 Å². The number of carbonyl (C=O) groups is 1. The van der Waals surface area contributed by atoms with Crippen LogP contribution in [0.1, 0.15) is 35.2 Å². The smallest absolute Gasteiger partial charge is 0.254 e. The van der Waals surface area contributed by atoms with Gasteiger partial charge in [0.05, 0.1) is 5.56 Å². The van der Waals surface area contributed by atoms with Crippen molar-refractivity contribution in [1.82, 2.24) is 5.32 Å². The van der Waals surface area contributed by atoms with E-state index in [4.69, 9.17) is 0 Å². The van der Waals surface area contributed by atoms with Gasteiger partial charge in [-0.3, -0.25) is 4.79 Å². The maximum Gasteiger partial charge on any atom is 0.254 e. The molecule has 0 aliphatic heterocycles. The molecule has 2 rings (SSSR count). The maximum atomic E-state index is 13.6. The summed E-state index contributed by atoms with van der Waals surface area (Å²) in [5, 5.41) is 2.75. The quantitative estimate of drug-likeness (QED) is 0.802. The van der Waals surface area contributed by atoms with Crippen molar-refractivity contribution in [3.8, 4) is 0 Å². The molecule has 2 aromatic rings. The number of benzene rings is 2. The fourth-order valence-electron chi connectivity index (χ4n) is 2.13. The van der Waals surface area contributed by atoms with Gasteiger partial charge in [-0.1, -0.05) is 37.3 Å². The van der Waals surface area contributed by atoms with Gasteiger partial charge >= 0.3 is 0 Å². The minimum absolute atomic E-state index is 0.0369. The second-order valence-corrected chi connectivity index (χ2v) is 5.54. The van der Waals surface area contributed by atoms with Crippen molar-refractivity contribution in [3.63, 3.8) is 0 Å². The Morgan fingerprint density at radius 3 is 2.67 bits per heavy atom. The standard InChI is InChI=1S/C17H18FNOS/c1-12(13-5-3-2-4-6-13)9-10-19-17(20)15-11-14(21)7-8-16(15)18/h2-8,11-12,21H,9-10H2,1H3,(H,19,20). The van der Waals surface area contributed by atoms with Gasteiger partial charge in [-0.2, -0.15) is 0 Å². The molecule has 4 heteroatoms. The number of hydrogen-bond acceptors (Lipinski definition) is 2. The topological polar surface area (TPSA) is 29.1 Å². The molecule has 2 aromatic carbocycles. The maximum absolute atomic E-state index is 13.6. The number of amides is 1. The van der Waals surface area contributed by atoms with Crippen LogP contribution in [0.15, 0.2) is 53.4 Å². The Morgan fingerprint density at radius 1 is 1.24 bits per heavy atom. The SMILES string of the molecule is CC(CCNC(=O)c1cc(S)ccc1F)c1ccccc1. The fraction of sp³-hybridized carbons (Fsp3) is 0.235. The third-order valence-electron chi connectivity index (χ3n) is 3.43. The van der Waals surface area contributed by atoms with E-state index < -0.39 is 11.7 Å². The predicted molar refractivity (Wildman–Crippen MR) is 85.5 cm³/mol. The van der Waals surface area contributed by atoms with Crippen LogP contribution in [0, 0.1) is 5.82 Å². The van der Waals surface area contributed by atoms with E-state index in [1.165, 1.54) is 23.8 Å². The van der Waals surface area contributed by atoms with Gasteiger partial charge in [0.1, 0.15) is 5.82 Å². The summed E-state index contributed by atoms with van der Waals surface area (Å²) < 4.78 is 13.6. The summed E-state index contributed by atoms with van der Waals surface area (Å²) in [7, 11) is 0. The molecule has 0 radical (unpaired) electrons. The molecule has 0 aromatic heterocycles. The average Bonchev–Trinajstić information content (AvgIpc) is 2.50. The molecular weight excluding hydrogens is 285 g/mol. The molecule has 1 atom stereocenters. The fourth-order valence-corrected chi connectivity index (χ4v) is 2.34. The Kier molecular flexibility index (Phi) is 5.39. The van der Waals surface area contributed by atoms with Crippen LogP contribution in [-0.2, 0) is 0 Å². The van der Waals surface area contributed by atoms with Crippen molar-refractivity contribution in [2.45, 2.75) is 24.2 Å². The van der Waals surface area contributed by atoms with E-state index >= 15 is 0 Å². The highest BCUT2D eigenvalue weighted by atomic mass is 32.1. The van der Waals surface area contributed by atoms with E-state index in [0.29, 0.717) is 17.4 Å². The summed E-state index contributed by atoms with van der Waals surface area (Å²) >= 11 is 4.12. The van der Waals surface area contributed by atoms with E-state index in [9.17, 15) is 9.18 Å². The normalized spacial score (nSPS) is 12.0. The average molecular weight is 303 g/mol. The summed E-state index contributed by atoms with van der Waals surface area (Å²) in [6.45, 7) is 2.61. The number of carbonyl (C=O) groups excluding carboxylic acids is 1. The Bertz CT molecular complexity index is 615. The van der Waals surface area contributed by atoms with E-state index in [0.717, 1.165) is 6.42 Å². The first kappa shape index (κ1) is 15.6. The first-order valence-electron chi connectivity index (χ1n) is 6.89. The van der Waals surface area contributed by atoms with E-state index in [-0.39, 0.29) is 5.56 Å². The number of thiol groups is 1. The molecule has 0 bridgehead atoms. The Morgan fingerprint density at radius 2 is 1.95 bits per heavy atom. The van der Waals surface area contributed by atoms with Crippen LogP contribution in [0.2, 0.25) is 0 Å². The van der Waals surface area contributed by atoms with E-state index in [1.807, 2.05) is 18.2 Å². The molecule has 1 unspecified atom stereocenters. The summed E-state index contributed by atoms with van der Waals surface area (Å²) in [5.74, 6) is -0.586. The second-order valence-electron chi connectivity index (χ2n) is 5.02. The lowest BCUT2D eigenvalue weighted by molar-refractivity contribution is 0.0948. The molecule has 2 nitrogen and oxygen atoms in total. The zero-order valence-corrected chi connectivity index (χ0v) is 12.7. The van der Waals surface area contributed by atoms with Crippen LogP contribution in [0.3, 0.4) is 0 Å². The third kappa shape index (κ3) is 4.33. The van der Waals surface area contributed by atoms with Crippen molar-refractivity contribution in [3.05, 3.63) is 65.5 Å². The largest absolute Gasteiger partial charge is 0.352 e. The Labute approximate surface area is 129 Å². The first-order chi connectivity index (χ1) is 10.1. The highest BCUT2D eigenvalue weighted by molar-refractivity contribution is 7.80. The lowest BCUT2D eigenvalue weighted by Crippen LogP contribution is -2.26. The molecule has 0 spiro atoms. The van der Waals surface area contributed by atoms with Gasteiger partial charge in [0.2, 0.25) is 0 Å². The molecular formula is C17H18FNOS. The molecule has 1 amide bonds. The second kappa shape index (κ2) is 7.27. The monoisotopic (exact) mass is 303 g/mol. The van der Waals surface area contributed by atoms with Crippen molar-refractivity contribution in [2.75, 3.05) is 6.54 Å². The minimum Gasteiger partial charge on any atom is -0.352 e. The summed E-state index contributed by atoms with van der Waals surface area (Å²) in [5.41, 5.74) is 1.27. The molecule has 0 aliphatic carbocycles. The van der Waals surface area contributed by atoms with Crippen LogP contribution >= 0.6 is 12.6 Å². The van der Waals surface area contributed by atoms with Crippen LogP contribution in [0.5, 0.6) is 0 Å². The molecule has 21 heavy (non-hydrogen) atoms. The number of nitrogens with one attached hydrogen (secondary N) is 1. The third-order valence-corrected chi connectivity index (χ3v) is 3.70. The highest BCUT2D eigenvalue weighted by Crippen LogP contribution is 2.18. The van der Waals surface area contributed by atoms with E-state index in [1.54, 1.807) is 0 Å². The van der Waals surface area contributed by atoms with Crippen LogP contribution < -0.4 is 5.32 Å². The van der Waals surface area contributed by atoms with Gasteiger partial charge in [-0.15, -0.1) is 12.6 Å². The van der Waals surface area contributed by atoms with Crippen LogP contribution in [0.25, 0.3) is 0 Å². The lowest BCUT2D eigenvalue weighted by atomic mass is 9.98. The van der Waals surface area contributed by atoms with E-state index in [2.05, 4.69) is 37.0 Å². The zero-order chi connectivity index (χ0) is 15.2. The van der Waals surface area contributed by atoms with Gasteiger partial charge in [0.15, 0.2) is 0 Å². The van der Waals surface area contributed by atoms with Gasteiger partial charge in [0, 0.05) is 11.4 Å². The van der Waals surface area contributed by atoms with Gasteiger partial charge in [-0.05, 0) is 36.1 Å². The predicted octanol–water partition coefficient (Wildman–Crippen LogP) is 4.04. The summed E-state index contributed by atoms with van der Waals surface area (Å²) in [4.78, 5) is 12.5. The number of hydrogen-bond donors (Lipinski definition) is 2. The van der Waals surface area contributed by atoms with Gasteiger partial charge in [-0.25, -0.2) is 4.39 Å².